The minimum absolute atomic E-state index is 0.0572. The summed E-state index contributed by atoms with van der Waals surface area (Å²) in [5.74, 6) is -0.853. The molecule has 0 saturated carbocycles. The summed E-state index contributed by atoms with van der Waals surface area (Å²) in [6, 6.07) is 10.1. The van der Waals surface area contributed by atoms with Crippen LogP contribution in [0.3, 0.4) is 0 Å². The van der Waals surface area contributed by atoms with E-state index >= 15 is 0 Å². The summed E-state index contributed by atoms with van der Waals surface area (Å²) in [5, 5.41) is 9.18. The third-order valence-corrected chi connectivity index (χ3v) is 4.61. The van der Waals surface area contributed by atoms with E-state index in [4.69, 9.17) is 11.6 Å². The van der Waals surface area contributed by atoms with Gasteiger partial charge in [0, 0.05) is 0 Å². The number of halogens is 2. The number of nitrogens with zero attached hydrogens (tertiary/aromatic N) is 1. The van der Waals surface area contributed by atoms with Crippen LogP contribution >= 0.6 is 23.4 Å². The van der Waals surface area contributed by atoms with E-state index in [9.17, 15) is 19.1 Å². The number of aromatic hydroxyl groups is 1. The molecule has 0 bridgehead atoms. The Hall–Kier alpha value is -2.31. The molecule has 1 fully saturated rings. The Labute approximate surface area is 146 Å². The Kier molecular flexibility index (Phi) is 4.59. The molecule has 2 aromatic rings. The minimum atomic E-state index is -0.418. The van der Waals surface area contributed by atoms with Gasteiger partial charge < -0.3 is 5.11 Å². The van der Waals surface area contributed by atoms with Gasteiger partial charge in [-0.2, -0.15) is 0 Å². The van der Waals surface area contributed by atoms with Gasteiger partial charge in [-0.15, -0.1) is 0 Å². The average molecular weight is 364 g/mol. The number of imide groups is 1. The number of hydrogen-bond donors (Lipinski definition) is 1. The Balaban J connectivity index is 1.81. The predicted molar refractivity (Wildman–Crippen MR) is 91.0 cm³/mol. The normalized spacial score (nSPS) is 16.2. The molecule has 1 saturated heterocycles. The molecule has 24 heavy (non-hydrogen) atoms. The first-order valence-corrected chi connectivity index (χ1v) is 8.12. The van der Waals surface area contributed by atoms with Crippen molar-refractivity contribution in [1.82, 2.24) is 4.90 Å². The second kappa shape index (κ2) is 6.67. The monoisotopic (exact) mass is 363 g/mol. The van der Waals surface area contributed by atoms with Gasteiger partial charge in [0.05, 0.1) is 16.5 Å². The number of hydrogen-bond acceptors (Lipinski definition) is 4. The van der Waals surface area contributed by atoms with Crippen molar-refractivity contribution in [2.75, 3.05) is 0 Å². The van der Waals surface area contributed by atoms with Gasteiger partial charge >= 0.3 is 0 Å². The van der Waals surface area contributed by atoms with Crippen molar-refractivity contribution in [3.63, 3.8) is 0 Å². The summed E-state index contributed by atoms with van der Waals surface area (Å²) >= 11 is 6.66. The molecule has 0 aromatic heterocycles. The molecular formula is C17H11ClFNO3S. The van der Waals surface area contributed by atoms with Gasteiger partial charge in [-0.3, -0.25) is 14.5 Å². The molecule has 1 aliphatic heterocycles. The highest BCUT2D eigenvalue weighted by Gasteiger charge is 2.34. The maximum Gasteiger partial charge on any atom is 0.293 e. The largest absolute Gasteiger partial charge is 0.506 e. The van der Waals surface area contributed by atoms with Crippen LogP contribution in [0, 0.1) is 5.82 Å². The van der Waals surface area contributed by atoms with Crippen LogP contribution in [0.4, 0.5) is 9.18 Å². The lowest BCUT2D eigenvalue weighted by atomic mass is 10.2. The SMILES string of the molecule is O=C1S/C(=C\c2ccc(O)c(Cl)c2)C(=O)N1Cc1ccc(F)cc1. The molecule has 4 nitrogen and oxygen atoms in total. The van der Waals surface area contributed by atoms with Crippen molar-refractivity contribution in [2.45, 2.75) is 6.54 Å². The molecule has 1 N–H and O–H groups in total. The van der Waals surface area contributed by atoms with Crippen LogP contribution in [-0.2, 0) is 11.3 Å². The summed E-state index contributed by atoms with van der Waals surface area (Å²) < 4.78 is 12.9. The Morgan fingerprint density at radius 2 is 1.88 bits per heavy atom. The average Bonchev–Trinajstić information content (AvgIpc) is 2.80. The zero-order valence-electron chi connectivity index (χ0n) is 12.2. The van der Waals surface area contributed by atoms with E-state index in [0.29, 0.717) is 11.1 Å². The zero-order chi connectivity index (χ0) is 17.3. The fraction of sp³-hybridized carbons (Fsp3) is 0.0588. The lowest BCUT2D eigenvalue weighted by Gasteiger charge is -2.12. The van der Waals surface area contributed by atoms with Crippen LogP contribution in [0.1, 0.15) is 11.1 Å². The quantitative estimate of drug-likeness (QED) is 0.820. The Morgan fingerprint density at radius 1 is 1.17 bits per heavy atom. The Bertz CT molecular complexity index is 851. The number of carbonyl (C=O) groups excluding carboxylic acids is 2. The Morgan fingerprint density at radius 3 is 2.54 bits per heavy atom. The number of phenolic OH excluding ortho intramolecular Hbond substituents is 1. The summed E-state index contributed by atoms with van der Waals surface area (Å²) in [4.78, 5) is 25.8. The smallest absolute Gasteiger partial charge is 0.293 e. The zero-order valence-corrected chi connectivity index (χ0v) is 13.8. The molecule has 0 spiro atoms. The highest BCUT2D eigenvalue weighted by molar-refractivity contribution is 8.18. The summed E-state index contributed by atoms with van der Waals surface area (Å²) in [6.07, 6.45) is 1.54. The fourth-order valence-electron chi connectivity index (χ4n) is 2.17. The molecule has 1 heterocycles. The second-order valence-electron chi connectivity index (χ2n) is 5.11. The fourth-order valence-corrected chi connectivity index (χ4v) is 3.20. The molecule has 3 rings (SSSR count). The van der Waals surface area contributed by atoms with Gasteiger partial charge in [0.1, 0.15) is 11.6 Å². The third-order valence-electron chi connectivity index (χ3n) is 3.40. The molecule has 122 valence electrons. The van der Waals surface area contributed by atoms with Gasteiger partial charge in [0.2, 0.25) is 0 Å². The van der Waals surface area contributed by atoms with Gasteiger partial charge in [0.25, 0.3) is 11.1 Å². The van der Waals surface area contributed by atoms with Crippen molar-refractivity contribution in [1.29, 1.82) is 0 Å². The second-order valence-corrected chi connectivity index (χ2v) is 6.51. The third kappa shape index (κ3) is 3.44. The van der Waals surface area contributed by atoms with Crippen LogP contribution in [-0.4, -0.2) is 21.2 Å². The number of phenols is 1. The van der Waals surface area contributed by atoms with Crippen LogP contribution in [0.2, 0.25) is 5.02 Å². The van der Waals surface area contributed by atoms with Gasteiger partial charge in [-0.1, -0.05) is 29.8 Å². The summed E-state index contributed by atoms with van der Waals surface area (Å²) in [5.41, 5.74) is 1.26. The molecule has 0 radical (unpaired) electrons. The molecule has 0 atom stereocenters. The van der Waals surface area contributed by atoms with E-state index in [2.05, 4.69) is 0 Å². The van der Waals surface area contributed by atoms with Gasteiger partial charge in [-0.05, 0) is 53.2 Å². The van der Waals surface area contributed by atoms with Gasteiger partial charge in [0.15, 0.2) is 0 Å². The van der Waals surface area contributed by atoms with Crippen molar-refractivity contribution in [2.24, 2.45) is 0 Å². The van der Waals surface area contributed by atoms with Crippen LogP contribution < -0.4 is 0 Å². The van der Waals surface area contributed by atoms with E-state index in [0.717, 1.165) is 16.7 Å². The molecule has 1 aliphatic rings. The van der Waals surface area contributed by atoms with E-state index in [1.54, 1.807) is 12.1 Å². The first kappa shape index (κ1) is 16.5. The highest BCUT2D eigenvalue weighted by atomic mass is 35.5. The molecule has 7 heteroatoms. The van der Waals surface area contributed by atoms with Crippen molar-refractivity contribution >= 4 is 40.6 Å². The van der Waals surface area contributed by atoms with E-state index in [1.807, 2.05) is 0 Å². The number of thioether (sulfide) groups is 1. The lowest BCUT2D eigenvalue weighted by molar-refractivity contribution is -0.123. The molecule has 0 unspecified atom stereocenters. The predicted octanol–water partition coefficient (Wildman–Crippen LogP) is 4.42. The lowest BCUT2D eigenvalue weighted by Crippen LogP contribution is -2.27. The van der Waals surface area contributed by atoms with Crippen molar-refractivity contribution in [3.8, 4) is 5.75 Å². The molecule has 2 aromatic carbocycles. The van der Waals surface area contributed by atoms with Crippen molar-refractivity contribution in [3.05, 3.63) is 69.3 Å². The number of benzene rings is 2. The van der Waals surface area contributed by atoms with E-state index < -0.39 is 5.91 Å². The van der Waals surface area contributed by atoms with Crippen LogP contribution in [0.5, 0.6) is 5.75 Å². The summed E-state index contributed by atoms with van der Waals surface area (Å²) in [7, 11) is 0. The number of rotatable bonds is 3. The topological polar surface area (TPSA) is 57.6 Å². The van der Waals surface area contributed by atoms with E-state index in [-0.39, 0.29) is 33.3 Å². The first-order valence-electron chi connectivity index (χ1n) is 6.92. The molecule has 2 amide bonds. The summed E-state index contributed by atoms with van der Waals surface area (Å²) in [6.45, 7) is 0.0820. The van der Waals surface area contributed by atoms with E-state index in [1.165, 1.54) is 36.4 Å². The molecule has 0 aliphatic carbocycles. The first-order chi connectivity index (χ1) is 11.4. The van der Waals surface area contributed by atoms with Gasteiger partial charge in [-0.25, -0.2) is 4.39 Å². The van der Waals surface area contributed by atoms with Crippen LogP contribution in [0.25, 0.3) is 6.08 Å². The number of amides is 2. The maximum absolute atomic E-state index is 12.9. The number of carbonyl (C=O) groups is 2. The standard InChI is InChI=1S/C17H11ClFNO3S/c18-13-7-11(3-6-14(13)21)8-15-16(22)20(17(23)24-15)9-10-1-4-12(19)5-2-10/h1-8,21H,9H2/b15-8-. The maximum atomic E-state index is 12.9. The highest BCUT2D eigenvalue weighted by Crippen LogP contribution is 2.34. The molecular weight excluding hydrogens is 353 g/mol. The van der Waals surface area contributed by atoms with Crippen molar-refractivity contribution < 1.29 is 19.1 Å². The minimum Gasteiger partial charge on any atom is -0.506 e. The van der Waals surface area contributed by atoms with Crippen LogP contribution in [0.15, 0.2) is 47.4 Å².